The highest BCUT2D eigenvalue weighted by Crippen LogP contribution is 2.03. The molecule has 0 aliphatic heterocycles. The lowest BCUT2D eigenvalue weighted by molar-refractivity contribution is 0.573. The average Bonchev–Trinajstić information content (AvgIpc) is 2.99. The first kappa shape index (κ1) is 14.6. The van der Waals surface area contributed by atoms with E-state index in [1.54, 1.807) is 12.4 Å². The van der Waals surface area contributed by atoms with Crippen LogP contribution in [0.25, 0.3) is 0 Å². The van der Waals surface area contributed by atoms with Gasteiger partial charge in [0.1, 0.15) is 4.90 Å². The average molecular weight is 295 g/mol. The highest BCUT2D eigenvalue weighted by atomic mass is 32.2. The molecule has 7 nitrogen and oxygen atoms in total. The number of sulfonamides is 1. The van der Waals surface area contributed by atoms with Crippen LogP contribution in [0.15, 0.2) is 41.8 Å². The van der Waals surface area contributed by atoms with Gasteiger partial charge in [-0.2, -0.15) is 5.10 Å². The van der Waals surface area contributed by atoms with Crippen molar-refractivity contribution in [2.75, 3.05) is 13.1 Å². The molecule has 2 aromatic heterocycles. The van der Waals surface area contributed by atoms with Gasteiger partial charge < -0.3 is 5.32 Å². The molecule has 0 radical (unpaired) electrons. The number of hydrogen-bond donors (Lipinski definition) is 3. The molecule has 0 atom stereocenters. The van der Waals surface area contributed by atoms with Gasteiger partial charge in [-0.15, -0.1) is 0 Å². The summed E-state index contributed by atoms with van der Waals surface area (Å²) in [6, 6.07) is 3.87. The van der Waals surface area contributed by atoms with Gasteiger partial charge >= 0.3 is 0 Å². The van der Waals surface area contributed by atoms with Crippen molar-refractivity contribution < 1.29 is 8.42 Å². The van der Waals surface area contributed by atoms with Crippen molar-refractivity contribution in [2.24, 2.45) is 0 Å². The van der Waals surface area contributed by atoms with E-state index in [-0.39, 0.29) is 4.90 Å². The summed E-state index contributed by atoms with van der Waals surface area (Å²) in [4.78, 5) is 4.17. The Kier molecular flexibility index (Phi) is 5.22. The Balaban J connectivity index is 1.63. The van der Waals surface area contributed by atoms with Crippen LogP contribution in [0.2, 0.25) is 0 Å². The fourth-order valence-corrected chi connectivity index (χ4v) is 2.60. The molecular formula is C12H17N5O2S. The zero-order valence-electron chi connectivity index (χ0n) is 10.9. The Labute approximate surface area is 117 Å². The summed E-state index contributed by atoms with van der Waals surface area (Å²) >= 11 is 0. The maximum Gasteiger partial charge on any atom is 0.243 e. The summed E-state index contributed by atoms with van der Waals surface area (Å²) < 4.78 is 26.0. The Morgan fingerprint density at radius 2 is 2.15 bits per heavy atom. The molecule has 0 aliphatic rings. The molecule has 108 valence electrons. The van der Waals surface area contributed by atoms with Crippen LogP contribution in [0.1, 0.15) is 12.0 Å². The standard InChI is InChI=1S/C12H17N5O2S/c18-20(19,12-9-15-16-10-12)17-6-2-5-14-8-11-3-1-4-13-7-11/h1,3-4,7,9-10,14,17H,2,5-6,8H2,(H,15,16). The van der Waals surface area contributed by atoms with Crippen molar-refractivity contribution in [1.29, 1.82) is 0 Å². The van der Waals surface area contributed by atoms with Gasteiger partial charge in [-0.05, 0) is 24.6 Å². The van der Waals surface area contributed by atoms with Gasteiger partial charge in [0.25, 0.3) is 0 Å². The van der Waals surface area contributed by atoms with E-state index in [9.17, 15) is 8.42 Å². The van der Waals surface area contributed by atoms with Gasteiger partial charge in [-0.25, -0.2) is 13.1 Å². The summed E-state index contributed by atoms with van der Waals surface area (Å²) in [7, 11) is -3.44. The van der Waals surface area contributed by atoms with Gasteiger partial charge in [-0.3, -0.25) is 10.1 Å². The zero-order valence-corrected chi connectivity index (χ0v) is 11.7. The minimum Gasteiger partial charge on any atom is -0.313 e. The molecule has 0 unspecified atom stereocenters. The monoisotopic (exact) mass is 295 g/mol. The SMILES string of the molecule is O=S(=O)(NCCCNCc1cccnc1)c1cn[nH]c1. The number of nitrogens with zero attached hydrogens (tertiary/aromatic N) is 2. The topological polar surface area (TPSA) is 99.8 Å². The first-order valence-corrected chi connectivity index (χ1v) is 7.75. The maximum atomic E-state index is 11.7. The predicted octanol–water partition coefficient (Wildman–Crippen LogP) is 0.263. The molecule has 8 heteroatoms. The van der Waals surface area contributed by atoms with Crippen LogP contribution in [-0.4, -0.2) is 36.7 Å². The molecule has 0 saturated carbocycles. The molecule has 0 fully saturated rings. The second-order valence-corrected chi connectivity index (χ2v) is 5.99. The van der Waals surface area contributed by atoms with Gasteiger partial charge in [0.15, 0.2) is 0 Å². The number of H-pyrrole nitrogens is 1. The number of nitrogens with one attached hydrogen (secondary N) is 3. The van der Waals surface area contributed by atoms with E-state index < -0.39 is 10.0 Å². The lowest BCUT2D eigenvalue weighted by Gasteiger charge is -2.06. The highest BCUT2D eigenvalue weighted by molar-refractivity contribution is 7.89. The van der Waals surface area contributed by atoms with Crippen molar-refractivity contribution in [2.45, 2.75) is 17.9 Å². The smallest absolute Gasteiger partial charge is 0.243 e. The molecule has 2 aromatic rings. The highest BCUT2D eigenvalue weighted by Gasteiger charge is 2.13. The van der Waals surface area contributed by atoms with E-state index in [0.717, 1.165) is 18.7 Å². The van der Waals surface area contributed by atoms with Crippen molar-refractivity contribution in [1.82, 2.24) is 25.2 Å². The van der Waals surface area contributed by atoms with E-state index in [2.05, 4.69) is 25.2 Å². The maximum absolute atomic E-state index is 11.7. The second-order valence-electron chi connectivity index (χ2n) is 4.22. The number of aromatic amines is 1. The summed E-state index contributed by atoms with van der Waals surface area (Å²) in [5.74, 6) is 0. The Morgan fingerprint density at radius 1 is 1.25 bits per heavy atom. The number of pyridine rings is 1. The van der Waals surface area contributed by atoms with Gasteiger partial charge in [-0.1, -0.05) is 6.07 Å². The molecular weight excluding hydrogens is 278 g/mol. The third kappa shape index (κ3) is 4.41. The van der Waals surface area contributed by atoms with Crippen LogP contribution in [0.5, 0.6) is 0 Å². The third-order valence-electron chi connectivity index (χ3n) is 2.66. The normalized spacial score (nSPS) is 11.6. The van der Waals surface area contributed by atoms with E-state index in [1.807, 2.05) is 12.1 Å². The molecule has 0 saturated heterocycles. The number of aromatic nitrogens is 3. The van der Waals surface area contributed by atoms with Crippen molar-refractivity contribution in [3.8, 4) is 0 Å². The summed E-state index contributed by atoms with van der Waals surface area (Å²) in [5, 5.41) is 9.32. The third-order valence-corrected chi connectivity index (χ3v) is 4.09. The zero-order chi connectivity index (χ0) is 14.3. The van der Waals surface area contributed by atoms with Crippen LogP contribution in [-0.2, 0) is 16.6 Å². The largest absolute Gasteiger partial charge is 0.313 e. The molecule has 0 bridgehead atoms. The van der Waals surface area contributed by atoms with E-state index >= 15 is 0 Å². The van der Waals surface area contributed by atoms with E-state index in [4.69, 9.17) is 0 Å². The van der Waals surface area contributed by atoms with Gasteiger partial charge in [0, 0.05) is 31.7 Å². The lowest BCUT2D eigenvalue weighted by atomic mass is 10.3. The Morgan fingerprint density at radius 3 is 2.85 bits per heavy atom. The van der Waals surface area contributed by atoms with Crippen LogP contribution in [0.3, 0.4) is 0 Å². The molecule has 0 amide bonds. The Bertz CT molecular complexity index is 598. The molecule has 3 N–H and O–H groups in total. The Hall–Kier alpha value is -1.77. The summed E-state index contributed by atoms with van der Waals surface area (Å²) in [6.45, 7) is 1.83. The van der Waals surface area contributed by atoms with Crippen LogP contribution < -0.4 is 10.0 Å². The van der Waals surface area contributed by atoms with Crippen molar-refractivity contribution >= 4 is 10.0 Å². The molecule has 2 rings (SSSR count). The molecule has 2 heterocycles. The quantitative estimate of drug-likeness (QED) is 0.607. The van der Waals surface area contributed by atoms with Crippen LogP contribution in [0, 0.1) is 0 Å². The fourth-order valence-electron chi connectivity index (χ4n) is 1.62. The van der Waals surface area contributed by atoms with Crippen molar-refractivity contribution in [3.05, 3.63) is 42.5 Å². The second kappa shape index (κ2) is 7.13. The summed E-state index contributed by atoms with van der Waals surface area (Å²) in [5.41, 5.74) is 1.10. The van der Waals surface area contributed by atoms with E-state index in [0.29, 0.717) is 13.0 Å². The van der Waals surface area contributed by atoms with Crippen molar-refractivity contribution in [3.63, 3.8) is 0 Å². The van der Waals surface area contributed by atoms with Crippen LogP contribution in [0.4, 0.5) is 0 Å². The number of hydrogen-bond acceptors (Lipinski definition) is 5. The first-order chi connectivity index (χ1) is 9.68. The molecule has 0 aliphatic carbocycles. The molecule has 0 aromatic carbocycles. The fraction of sp³-hybridized carbons (Fsp3) is 0.333. The minimum atomic E-state index is -3.44. The van der Waals surface area contributed by atoms with Crippen LogP contribution >= 0.6 is 0 Å². The molecule has 20 heavy (non-hydrogen) atoms. The van der Waals surface area contributed by atoms with Gasteiger partial charge in [0.2, 0.25) is 10.0 Å². The molecule has 0 spiro atoms. The predicted molar refractivity (Wildman–Crippen MR) is 74.3 cm³/mol. The van der Waals surface area contributed by atoms with E-state index in [1.165, 1.54) is 12.4 Å². The number of rotatable bonds is 8. The summed E-state index contributed by atoms with van der Waals surface area (Å²) in [6.07, 6.45) is 6.87. The first-order valence-electron chi connectivity index (χ1n) is 6.26. The minimum absolute atomic E-state index is 0.154. The lowest BCUT2D eigenvalue weighted by Crippen LogP contribution is -2.27. The van der Waals surface area contributed by atoms with Gasteiger partial charge in [0.05, 0.1) is 6.20 Å².